The van der Waals surface area contributed by atoms with Crippen molar-refractivity contribution in [1.29, 1.82) is 0 Å². The maximum atomic E-state index is 12.9. The Hall–Kier alpha value is -0.650. The van der Waals surface area contributed by atoms with Crippen LogP contribution in [-0.4, -0.2) is 53.9 Å². The first-order chi connectivity index (χ1) is 9.99. The van der Waals surface area contributed by atoms with E-state index in [1.807, 2.05) is 19.0 Å². The highest BCUT2D eigenvalue weighted by atomic mass is 79.9. The van der Waals surface area contributed by atoms with Gasteiger partial charge in [0.15, 0.2) is 0 Å². The van der Waals surface area contributed by atoms with Gasteiger partial charge in [-0.25, -0.2) is 4.98 Å². The standard InChI is InChI=1S/C15H21BrClN3O/c1-19(2)7-8-20(12-5-3-4-6-12)15(21)13-9-11(16)10-18-14(13)17/h9-10,12H,3-8H2,1-2H3. The van der Waals surface area contributed by atoms with Gasteiger partial charge in [0.1, 0.15) is 5.15 Å². The lowest BCUT2D eigenvalue weighted by Crippen LogP contribution is -2.42. The second-order valence-corrected chi connectivity index (χ2v) is 7.01. The Morgan fingerprint density at radius 2 is 2.05 bits per heavy atom. The smallest absolute Gasteiger partial charge is 0.257 e. The van der Waals surface area contributed by atoms with E-state index < -0.39 is 0 Å². The molecule has 0 spiro atoms. The third-order valence-corrected chi connectivity index (χ3v) is 4.59. The summed E-state index contributed by atoms with van der Waals surface area (Å²) >= 11 is 9.47. The molecule has 6 heteroatoms. The molecule has 116 valence electrons. The lowest BCUT2D eigenvalue weighted by atomic mass is 10.1. The number of rotatable bonds is 5. The van der Waals surface area contributed by atoms with Crippen molar-refractivity contribution in [2.75, 3.05) is 27.2 Å². The van der Waals surface area contributed by atoms with Crippen LogP contribution in [0.25, 0.3) is 0 Å². The molecule has 1 saturated carbocycles. The van der Waals surface area contributed by atoms with Crippen molar-refractivity contribution in [3.63, 3.8) is 0 Å². The predicted molar refractivity (Wildman–Crippen MR) is 88.8 cm³/mol. The van der Waals surface area contributed by atoms with Gasteiger partial charge in [0.05, 0.1) is 5.56 Å². The number of nitrogens with zero attached hydrogens (tertiary/aromatic N) is 3. The molecule has 0 aromatic carbocycles. The fraction of sp³-hybridized carbons (Fsp3) is 0.600. The zero-order chi connectivity index (χ0) is 15.4. The summed E-state index contributed by atoms with van der Waals surface area (Å²) in [6.45, 7) is 1.57. The summed E-state index contributed by atoms with van der Waals surface area (Å²) < 4.78 is 0.772. The summed E-state index contributed by atoms with van der Waals surface area (Å²) in [5.74, 6) is -0.0115. The van der Waals surface area contributed by atoms with Gasteiger partial charge in [0.25, 0.3) is 5.91 Å². The highest BCUT2D eigenvalue weighted by molar-refractivity contribution is 9.10. The van der Waals surface area contributed by atoms with Crippen molar-refractivity contribution in [3.8, 4) is 0 Å². The molecule has 0 unspecified atom stereocenters. The number of halogens is 2. The van der Waals surface area contributed by atoms with Crippen LogP contribution in [0.1, 0.15) is 36.0 Å². The summed E-state index contributed by atoms with van der Waals surface area (Å²) in [6, 6.07) is 2.09. The Morgan fingerprint density at radius 3 is 2.67 bits per heavy atom. The normalized spacial score (nSPS) is 15.7. The van der Waals surface area contributed by atoms with Gasteiger partial charge in [0, 0.05) is 29.8 Å². The predicted octanol–water partition coefficient (Wildman–Crippen LogP) is 3.44. The number of hydrogen-bond acceptors (Lipinski definition) is 3. The van der Waals surface area contributed by atoms with Crippen molar-refractivity contribution < 1.29 is 4.79 Å². The van der Waals surface area contributed by atoms with E-state index in [1.54, 1.807) is 12.3 Å². The van der Waals surface area contributed by atoms with E-state index in [4.69, 9.17) is 11.6 Å². The molecule has 0 radical (unpaired) electrons. The Labute approximate surface area is 139 Å². The molecule has 0 bridgehead atoms. The molecule has 21 heavy (non-hydrogen) atoms. The van der Waals surface area contributed by atoms with Gasteiger partial charge in [-0.1, -0.05) is 24.4 Å². The second kappa shape index (κ2) is 7.56. The SMILES string of the molecule is CN(C)CCN(C(=O)c1cc(Br)cnc1Cl)C1CCCC1. The molecule has 4 nitrogen and oxygen atoms in total. The quantitative estimate of drug-likeness (QED) is 0.741. The first kappa shape index (κ1) is 16.7. The fourth-order valence-corrected chi connectivity index (χ4v) is 3.22. The molecule has 1 heterocycles. The number of likely N-dealkylation sites (N-methyl/N-ethyl adjacent to an activating group) is 1. The van der Waals surface area contributed by atoms with Crippen molar-refractivity contribution in [3.05, 3.63) is 27.5 Å². The zero-order valence-corrected chi connectivity index (χ0v) is 14.8. The van der Waals surface area contributed by atoms with Gasteiger partial charge in [-0.05, 0) is 48.9 Å². The molecule has 1 aliphatic carbocycles. The monoisotopic (exact) mass is 373 g/mol. The Bertz CT molecular complexity index is 504. The van der Waals surface area contributed by atoms with Crippen molar-refractivity contribution in [2.24, 2.45) is 0 Å². The van der Waals surface area contributed by atoms with Gasteiger partial charge in [-0.15, -0.1) is 0 Å². The molecule has 1 aliphatic rings. The van der Waals surface area contributed by atoms with Gasteiger partial charge in [0.2, 0.25) is 0 Å². The van der Waals surface area contributed by atoms with E-state index in [0.717, 1.165) is 30.4 Å². The van der Waals surface area contributed by atoms with Crippen LogP contribution in [0.5, 0.6) is 0 Å². The maximum absolute atomic E-state index is 12.9. The molecule has 2 rings (SSSR count). The minimum absolute atomic E-state index is 0.0115. The first-order valence-electron chi connectivity index (χ1n) is 7.26. The number of carbonyl (C=O) groups excluding carboxylic acids is 1. The number of pyridine rings is 1. The Kier molecular flexibility index (Phi) is 6.02. The lowest BCUT2D eigenvalue weighted by Gasteiger charge is -2.30. The van der Waals surface area contributed by atoms with E-state index in [9.17, 15) is 4.79 Å². The summed E-state index contributed by atoms with van der Waals surface area (Å²) in [4.78, 5) is 21.0. The van der Waals surface area contributed by atoms with E-state index in [1.165, 1.54) is 12.8 Å². The van der Waals surface area contributed by atoms with Crippen LogP contribution >= 0.6 is 27.5 Å². The van der Waals surface area contributed by atoms with Crippen LogP contribution in [0, 0.1) is 0 Å². The molecule has 1 fully saturated rings. The Balaban J connectivity index is 2.21. The topological polar surface area (TPSA) is 36.4 Å². The van der Waals surface area contributed by atoms with Gasteiger partial charge in [-0.3, -0.25) is 4.79 Å². The molecule has 1 amide bonds. The van der Waals surface area contributed by atoms with E-state index in [2.05, 4.69) is 25.8 Å². The molecule has 0 N–H and O–H groups in total. The number of hydrogen-bond donors (Lipinski definition) is 0. The third kappa shape index (κ3) is 4.41. The highest BCUT2D eigenvalue weighted by Gasteiger charge is 2.28. The van der Waals surface area contributed by atoms with Crippen LogP contribution in [0.4, 0.5) is 0 Å². The molecule has 0 atom stereocenters. The average Bonchev–Trinajstić information content (AvgIpc) is 2.95. The molecule has 0 aliphatic heterocycles. The van der Waals surface area contributed by atoms with Gasteiger partial charge >= 0.3 is 0 Å². The van der Waals surface area contributed by atoms with Crippen molar-refractivity contribution in [2.45, 2.75) is 31.7 Å². The lowest BCUT2D eigenvalue weighted by molar-refractivity contribution is 0.0667. The minimum atomic E-state index is -0.0115. The van der Waals surface area contributed by atoms with Crippen LogP contribution in [0.15, 0.2) is 16.7 Å². The molecule has 1 aromatic heterocycles. The molecular formula is C15H21BrClN3O. The fourth-order valence-electron chi connectivity index (χ4n) is 2.70. The number of aromatic nitrogens is 1. The average molecular weight is 375 g/mol. The third-order valence-electron chi connectivity index (χ3n) is 3.85. The van der Waals surface area contributed by atoms with Gasteiger partial charge < -0.3 is 9.80 Å². The van der Waals surface area contributed by atoms with Crippen LogP contribution in [0.2, 0.25) is 5.15 Å². The summed E-state index contributed by atoms with van der Waals surface area (Å²) in [5, 5.41) is 0.274. The minimum Gasteiger partial charge on any atom is -0.334 e. The highest BCUT2D eigenvalue weighted by Crippen LogP contribution is 2.27. The summed E-state index contributed by atoms with van der Waals surface area (Å²) in [7, 11) is 4.04. The van der Waals surface area contributed by atoms with Crippen molar-refractivity contribution >= 4 is 33.4 Å². The van der Waals surface area contributed by atoms with E-state index >= 15 is 0 Å². The molecular weight excluding hydrogens is 354 g/mol. The molecule has 1 aromatic rings. The van der Waals surface area contributed by atoms with E-state index in [0.29, 0.717) is 11.6 Å². The summed E-state index contributed by atoms with van der Waals surface area (Å²) in [5.41, 5.74) is 0.483. The Morgan fingerprint density at radius 1 is 1.38 bits per heavy atom. The second-order valence-electron chi connectivity index (χ2n) is 5.73. The first-order valence-corrected chi connectivity index (χ1v) is 8.43. The van der Waals surface area contributed by atoms with Crippen LogP contribution < -0.4 is 0 Å². The number of carbonyl (C=O) groups is 1. The van der Waals surface area contributed by atoms with Gasteiger partial charge in [-0.2, -0.15) is 0 Å². The van der Waals surface area contributed by atoms with Crippen LogP contribution in [-0.2, 0) is 0 Å². The van der Waals surface area contributed by atoms with Crippen molar-refractivity contribution in [1.82, 2.24) is 14.8 Å². The number of amides is 1. The van der Waals surface area contributed by atoms with Crippen LogP contribution in [0.3, 0.4) is 0 Å². The largest absolute Gasteiger partial charge is 0.334 e. The molecule has 0 saturated heterocycles. The summed E-state index contributed by atoms with van der Waals surface area (Å²) in [6.07, 6.45) is 6.16. The van der Waals surface area contributed by atoms with E-state index in [-0.39, 0.29) is 11.1 Å². The zero-order valence-electron chi connectivity index (χ0n) is 12.5. The maximum Gasteiger partial charge on any atom is 0.257 e.